The zero-order valence-corrected chi connectivity index (χ0v) is 27.6. The molecule has 0 spiro atoms. The fourth-order valence-corrected chi connectivity index (χ4v) is 7.43. The molecule has 10 aromatic rings. The first kappa shape index (κ1) is 29.1. The van der Waals surface area contributed by atoms with E-state index in [9.17, 15) is 0 Å². The molecule has 2 heterocycles. The van der Waals surface area contributed by atoms with Crippen LogP contribution in [0.15, 0.2) is 186 Å². The van der Waals surface area contributed by atoms with E-state index in [1.165, 1.54) is 16.3 Å². The lowest BCUT2D eigenvalue weighted by Gasteiger charge is -2.16. The minimum Gasteiger partial charge on any atom is -0.456 e. The largest absolute Gasteiger partial charge is 0.456 e. The lowest BCUT2D eigenvalue weighted by molar-refractivity contribution is 0.669. The highest BCUT2D eigenvalue weighted by atomic mass is 16.3. The summed E-state index contributed by atoms with van der Waals surface area (Å²) in [6.45, 7) is 0. The summed E-state index contributed by atoms with van der Waals surface area (Å²) >= 11 is 0. The molecule has 0 saturated carbocycles. The van der Waals surface area contributed by atoms with E-state index in [1.54, 1.807) is 0 Å². The standard InChI is InChI=1S/C48H30N2O/c1-3-12-31(13-4-1)40-27-26-32-14-7-8-17-38(32)46(40)43-30-42(49-48(50-43)33-15-5-2-6-16-33)37-25-23-34-28-36(24-22-35(34)29-37)39-19-11-21-45-47(39)41-18-9-10-20-44(41)51-45/h1-30H. The van der Waals surface area contributed by atoms with Gasteiger partial charge in [-0.15, -0.1) is 0 Å². The van der Waals surface area contributed by atoms with Gasteiger partial charge in [0.05, 0.1) is 11.4 Å². The predicted molar refractivity (Wildman–Crippen MR) is 212 cm³/mol. The second-order valence-electron chi connectivity index (χ2n) is 13.0. The van der Waals surface area contributed by atoms with Crippen molar-refractivity contribution in [2.24, 2.45) is 0 Å². The Morgan fingerprint density at radius 1 is 0.353 bits per heavy atom. The summed E-state index contributed by atoms with van der Waals surface area (Å²) in [6, 6.07) is 63.9. The molecule has 10 rings (SSSR count). The topological polar surface area (TPSA) is 38.9 Å². The van der Waals surface area contributed by atoms with Crippen LogP contribution in [0, 0.1) is 0 Å². The number of nitrogens with zero attached hydrogens (tertiary/aromatic N) is 2. The molecule has 0 aliphatic rings. The fourth-order valence-electron chi connectivity index (χ4n) is 7.43. The van der Waals surface area contributed by atoms with Gasteiger partial charge in [0, 0.05) is 27.5 Å². The van der Waals surface area contributed by atoms with Crippen LogP contribution in [0.4, 0.5) is 0 Å². The van der Waals surface area contributed by atoms with Crippen molar-refractivity contribution in [1.82, 2.24) is 9.97 Å². The molecule has 3 nitrogen and oxygen atoms in total. The van der Waals surface area contributed by atoms with Crippen molar-refractivity contribution >= 4 is 43.5 Å². The lowest BCUT2D eigenvalue weighted by atomic mass is 9.91. The maximum atomic E-state index is 6.19. The van der Waals surface area contributed by atoms with Crippen LogP contribution in [-0.2, 0) is 0 Å². The van der Waals surface area contributed by atoms with E-state index in [-0.39, 0.29) is 0 Å². The van der Waals surface area contributed by atoms with Crippen LogP contribution in [0.3, 0.4) is 0 Å². The summed E-state index contributed by atoms with van der Waals surface area (Å²) in [6.07, 6.45) is 0. The van der Waals surface area contributed by atoms with Gasteiger partial charge >= 0.3 is 0 Å². The van der Waals surface area contributed by atoms with Gasteiger partial charge in [0.2, 0.25) is 0 Å². The van der Waals surface area contributed by atoms with Crippen molar-refractivity contribution in [2.75, 3.05) is 0 Å². The molecule has 2 aromatic heterocycles. The quantitative estimate of drug-likeness (QED) is 0.186. The number of furan rings is 1. The van der Waals surface area contributed by atoms with Gasteiger partial charge in [-0.05, 0) is 74.1 Å². The van der Waals surface area contributed by atoms with Crippen molar-refractivity contribution in [3.05, 3.63) is 182 Å². The maximum Gasteiger partial charge on any atom is 0.160 e. The van der Waals surface area contributed by atoms with E-state index < -0.39 is 0 Å². The molecule has 0 radical (unpaired) electrons. The Balaban J connectivity index is 1.14. The highest BCUT2D eigenvalue weighted by Crippen LogP contribution is 2.41. The van der Waals surface area contributed by atoms with E-state index in [2.05, 4.69) is 146 Å². The number of rotatable bonds is 5. The van der Waals surface area contributed by atoms with Gasteiger partial charge in [0.1, 0.15) is 11.2 Å². The average molecular weight is 651 g/mol. The third kappa shape index (κ3) is 5.06. The number of benzene rings is 8. The van der Waals surface area contributed by atoms with Crippen LogP contribution in [-0.4, -0.2) is 9.97 Å². The molecule has 51 heavy (non-hydrogen) atoms. The number of hydrogen-bond donors (Lipinski definition) is 0. The van der Waals surface area contributed by atoms with Crippen molar-refractivity contribution in [2.45, 2.75) is 0 Å². The number of aromatic nitrogens is 2. The van der Waals surface area contributed by atoms with Crippen molar-refractivity contribution < 1.29 is 4.42 Å². The number of para-hydroxylation sites is 1. The molecule has 0 unspecified atom stereocenters. The smallest absolute Gasteiger partial charge is 0.160 e. The van der Waals surface area contributed by atoms with Crippen molar-refractivity contribution in [3.63, 3.8) is 0 Å². The Morgan fingerprint density at radius 2 is 0.980 bits per heavy atom. The first-order chi connectivity index (χ1) is 25.3. The van der Waals surface area contributed by atoms with Gasteiger partial charge in [-0.3, -0.25) is 0 Å². The molecule has 0 bridgehead atoms. The molecule has 0 amide bonds. The second-order valence-corrected chi connectivity index (χ2v) is 13.0. The summed E-state index contributed by atoms with van der Waals surface area (Å²) in [4.78, 5) is 10.5. The monoisotopic (exact) mass is 650 g/mol. The molecule has 238 valence electrons. The Bertz CT molecular complexity index is 2910. The van der Waals surface area contributed by atoms with E-state index in [0.29, 0.717) is 5.82 Å². The van der Waals surface area contributed by atoms with Gasteiger partial charge in [-0.2, -0.15) is 0 Å². The molecule has 0 N–H and O–H groups in total. The third-order valence-corrected chi connectivity index (χ3v) is 9.88. The zero-order chi connectivity index (χ0) is 33.7. The Labute approximate surface area is 295 Å². The van der Waals surface area contributed by atoms with E-state index >= 15 is 0 Å². The molecule has 0 fully saturated rings. The number of fused-ring (bicyclic) bond motifs is 5. The van der Waals surface area contributed by atoms with E-state index in [0.717, 1.165) is 77.5 Å². The van der Waals surface area contributed by atoms with Gasteiger partial charge < -0.3 is 4.42 Å². The first-order valence-corrected chi connectivity index (χ1v) is 17.2. The molecule has 0 aliphatic heterocycles. The molecule has 3 heteroatoms. The molecule has 0 atom stereocenters. The SMILES string of the molecule is c1ccc(-c2nc(-c3ccc4cc(-c5cccc6oc7ccccc7c56)ccc4c3)cc(-c3c(-c4ccccc4)ccc4ccccc34)n2)cc1. The van der Waals surface area contributed by atoms with Crippen LogP contribution in [0.5, 0.6) is 0 Å². The Morgan fingerprint density at radius 3 is 1.80 bits per heavy atom. The van der Waals surface area contributed by atoms with Gasteiger partial charge in [-0.1, -0.05) is 152 Å². The normalized spacial score (nSPS) is 11.5. The van der Waals surface area contributed by atoms with Gasteiger partial charge in [0.15, 0.2) is 5.82 Å². The highest BCUT2D eigenvalue weighted by molar-refractivity contribution is 6.13. The molecule has 8 aromatic carbocycles. The number of hydrogen-bond acceptors (Lipinski definition) is 3. The average Bonchev–Trinajstić information content (AvgIpc) is 3.59. The third-order valence-electron chi connectivity index (χ3n) is 9.88. The Hall–Kier alpha value is -6.84. The Kier molecular flexibility index (Phi) is 6.81. The van der Waals surface area contributed by atoms with Crippen LogP contribution >= 0.6 is 0 Å². The minimum atomic E-state index is 0.700. The fraction of sp³-hybridized carbons (Fsp3) is 0. The summed E-state index contributed by atoms with van der Waals surface area (Å²) in [7, 11) is 0. The summed E-state index contributed by atoms with van der Waals surface area (Å²) < 4.78 is 6.19. The van der Waals surface area contributed by atoms with E-state index in [4.69, 9.17) is 14.4 Å². The van der Waals surface area contributed by atoms with Crippen LogP contribution < -0.4 is 0 Å². The minimum absolute atomic E-state index is 0.700. The summed E-state index contributed by atoms with van der Waals surface area (Å²) in [5.41, 5.74) is 11.3. The summed E-state index contributed by atoms with van der Waals surface area (Å²) in [5.74, 6) is 0.700. The zero-order valence-electron chi connectivity index (χ0n) is 27.6. The van der Waals surface area contributed by atoms with Gasteiger partial charge in [0.25, 0.3) is 0 Å². The van der Waals surface area contributed by atoms with Crippen molar-refractivity contribution in [1.29, 1.82) is 0 Å². The molecular weight excluding hydrogens is 621 g/mol. The van der Waals surface area contributed by atoms with Crippen LogP contribution in [0.1, 0.15) is 0 Å². The van der Waals surface area contributed by atoms with E-state index in [1.807, 2.05) is 36.4 Å². The lowest BCUT2D eigenvalue weighted by Crippen LogP contribution is -1.98. The van der Waals surface area contributed by atoms with Crippen LogP contribution in [0.25, 0.3) is 99.6 Å². The molecule has 0 aliphatic carbocycles. The molecule has 0 saturated heterocycles. The van der Waals surface area contributed by atoms with Crippen LogP contribution in [0.2, 0.25) is 0 Å². The first-order valence-electron chi connectivity index (χ1n) is 17.2. The maximum absolute atomic E-state index is 6.19. The molecular formula is C48H30N2O. The summed E-state index contributed by atoms with van der Waals surface area (Å²) in [5, 5.41) is 6.93. The second kappa shape index (κ2) is 11.9. The van der Waals surface area contributed by atoms with Gasteiger partial charge in [-0.25, -0.2) is 9.97 Å². The predicted octanol–water partition coefficient (Wildman–Crippen LogP) is 13.0. The highest BCUT2D eigenvalue weighted by Gasteiger charge is 2.18. The van der Waals surface area contributed by atoms with Crippen molar-refractivity contribution in [3.8, 4) is 56.2 Å².